The minimum atomic E-state index is -3.70. The van der Waals surface area contributed by atoms with Gasteiger partial charge in [0.1, 0.15) is 11.0 Å². The Morgan fingerprint density at radius 2 is 1.95 bits per heavy atom. The summed E-state index contributed by atoms with van der Waals surface area (Å²) in [6.07, 6.45) is 1.40. The lowest BCUT2D eigenvalue weighted by molar-refractivity contribution is -0.118. The molecular formula is C14H14ClNO4S. The van der Waals surface area contributed by atoms with Gasteiger partial charge in [0.2, 0.25) is 5.91 Å². The normalized spacial score (nSPS) is 12.9. The summed E-state index contributed by atoms with van der Waals surface area (Å²) >= 11 is 5.77. The molecule has 1 N–H and O–H groups in total. The highest BCUT2D eigenvalue weighted by molar-refractivity contribution is 7.91. The quantitative estimate of drug-likeness (QED) is 0.915. The van der Waals surface area contributed by atoms with Crippen LogP contribution in [0.15, 0.2) is 52.0 Å². The summed E-state index contributed by atoms with van der Waals surface area (Å²) in [7, 11) is -3.70. The summed E-state index contributed by atoms with van der Waals surface area (Å²) in [6, 6.07) is 9.05. The molecule has 1 amide bonds. The number of sulfone groups is 1. The second-order valence-electron chi connectivity index (χ2n) is 4.44. The molecule has 0 aliphatic rings. The van der Waals surface area contributed by atoms with E-state index in [2.05, 4.69) is 5.32 Å². The van der Waals surface area contributed by atoms with Crippen LogP contribution in [0.1, 0.15) is 17.9 Å². The average Bonchev–Trinajstić information content (AvgIpc) is 2.92. The Kier molecular flexibility index (Phi) is 4.69. The number of hydrogen-bond donors (Lipinski definition) is 1. The maximum atomic E-state index is 12.7. The van der Waals surface area contributed by atoms with Gasteiger partial charge < -0.3 is 9.73 Å². The highest BCUT2D eigenvalue weighted by Gasteiger charge is 2.31. The third-order valence-corrected chi connectivity index (χ3v) is 5.24. The number of rotatable bonds is 5. The predicted molar refractivity (Wildman–Crippen MR) is 78.8 cm³/mol. The summed E-state index contributed by atoms with van der Waals surface area (Å²) in [5.74, 6) is -0.0310. The maximum absolute atomic E-state index is 12.7. The zero-order chi connectivity index (χ0) is 15.5. The second-order valence-corrected chi connectivity index (χ2v) is 7.01. The van der Waals surface area contributed by atoms with Gasteiger partial charge in [0.15, 0.2) is 9.84 Å². The molecule has 0 spiro atoms. The molecule has 1 aromatic heterocycles. The standard InChI is InChI=1S/C14H14ClNO4S/c1-10(17)16-9-14(13-3-2-8-20-13)21(18,19)12-6-4-11(15)5-7-12/h2-8,14H,9H2,1H3,(H,16,17)/t14-/m0/s1. The minimum Gasteiger partial charge on any atom is -0.468 e. The van der Waals surface area contributed by atoms with Crippen molar-refractivity contribution in [3.63, 3.8) is 0 Å². The summed E-state index contributed by atoms with van der Waals surface area (Å²) in [5, 5.41) is 1.98. The number of nitrogens with one attached hydrogen (secondary N) is 1. The first-order valence-corrected chi connectivity index (χ1v) is 8.11. The van der Waals surface area contributed by atoms with Crippen molar-refractivity contribution in [2.75, 3.05) is 6.54 Å². The molecule has 2 aromatic rings. The lowest BCUT2D eigenvalue weighted by Gasteiger charge is -2.16. The Hall–Kier alpha value is -1.79. The molecule has 5 nitrogen and oxygen atoms in total. The van der Waals surface area contributed by atoms with E-state index in [1.165, 1.54) is 37.5 Å². The number of hydrogen-bond acceptors (Lipinski definition) is 4. The van der Waals surface area contributed by atoms with Crippen molar-refractivity contribution in [1.29, 1.82) is 0 Å². The van der Waals surface area contributed by atoms with Crippen LogP contribution in [-0.2, 0) is 14.6 Å². The van der Waals surface area contributed by atoms with Crippen LogP contribution < -0.4 is 5.32 Å². The molecule has 0 saturated heterocycles. The van der Waals surface area contributed by atoms with E-state index < -0.39 is 15.1 Å². The van der Waals surface area contributed by atoms with Gasteiger partial charge in [-0.2, -0.15) is 0 Å². The van der Waals surface area contributed by atoms with Gasteiger partial charge in [0.05, 0.1) is 11.2 Å². The molecule has 0 saturated carbocycles. The molecule has 1 aromatic carbocycles. The van der Waals surface area contributed by atoms with Gasteiger partial charge in [0, 0.05) is 18.5 Å². The van der Waals surface area contributed by atoms with Crippen LogP contribution in [0.4, 0.5) is 0 Å². The van der Waals surface area contributed by atoms with Gasteiger partial charge in [-0.3, -0.25) is 4.79 Å². The van der Waals surface area contributed by atoms with Gasteiger partial charge in [0.25, 0.3) is 0 Å². The summed E-state index contributed by atoms with van der Waals surface area (Å²) in [5.41, 5.74) is 0. The van der Waals surface area contributed by atoms with Crippen molar-refractivity contribution in [2.24, 2.45) is 0 Å². The third kappa shape index (κ3) is 3.65. The van der Waals surface area contributed by atoms with E-state index in [1.807, 2.05) is 0 Å². The zero-order valence-electron chi connectivity index (χ0n) is 11.2. The first-order chi connectivity index (χ1) is 9.91. The number of furan rings is 1. The van der Waals surface area contributed by atoms with E-state index in [-0.39, 0.29) is 23.1 Å². The number of carbonyl (C=O) groups is 1. The van der Waals surface area contributed by atoms with Crippen molar-refractivity contribution < 1.29 is 17.6 Å². The van der Waals surface area contributed by atoms with Crippen LogP contribution in [0.25, 0.3) is 0 Å². The third-order valence-electron chi connectivity index (χ3n) is 2.91. The fraction of sp³-hybridized carbons (Fsp3) is 0.214. The molecule has 21 heavy (non-hydrogen) atoms. The van der Waals surface area contributed by atoms with Crippen LogP contribution in [0.2, 0.25) is 5.02 Å². The van der Waals surface area contributed by atoms with Gasteiger partial charge in [-0.1, -0.05) is 11.6 Å². The molecule has 0 aliphatic carbocycles. The van der Waals surface area contributed by atoms with E-state index in [1.54, 1.807) is 12.1 Å². The van der Waals surface area contributed by atoms with Gasteiger partial charge in [-0.05, 0) is 36.4 Å². The van der Waals surface area contributed by atoms with E-state index in [0.717, 1.165) is 0 Å². The Bertz CT molecular complexity index is 708. The predicted octanol–water partition coefficient (Wildman–Crippen LogP) is 2.58. The summed E-state index contributed by atoms with van der Waals surface area (Å²) in [6.45, 7) is 1.27. The molecule has 0 bridgehead atoms. The molecule has 1 heterocycles. The van der Waals surface area contributed by atoms with Crippen molar-refractivity contribution in [3.8, 4) is 0 Å². The SMILES string of the molecule is CC(=O)NC[C@@H](c1ccco1)S(=O)(=O)c1ccc(Cl)cc1. The van der Waals surface area contributed by atoms with Gasteiger partial charge in [-0.25, -0.2) is 8.42 Å². The molecule has 0 fully saturated rings. The van der Waals surface area contributed by atoms with Crippen LogP contribution in [0, 0.1) is 0 Å². The molecule has 0 unspecified atom stereocenters. The molecule has 0 radical (unpaired) electrons. The van der Waals surface area contributed by atoms with Crippen LogP contribution in [-0.4, -0.2) is 20.9 Å². The van der Waals surface area contributed by atoms with Gasteiger partial charge >= 0.3 is 0 Å². The van der Waals surface area contributed by atoms with Crippen molar-refractivity contribution in [2.45, 2.75) is 17.1 Å². The van der Waals surface area contributed by atoms with E-state index >= 15 is 0 Å². The topological polar surface area (TPSA) is 76.4 Å². The maximum Gasteiger partial charge on any atom is 0.216 e. The molecule has 2 rings (SSSR count). The highest BCUT2D eigenvalue weighted by Crippen LogP contribution is 2.29. The molecular weight excluding hydrogens is 314 g/mol. The van der Waals surface area contributed by atoms with Crippen molar-refractivity contribution in [1.82, 2.24) is 5.32 Å². The van der Waals surface area contributed by atoms with E-state index in [9.17, 15) is 13.2 Å². The Morgan fingerprint density at radius 1 is 1.29 bits per heavy atom. The largest absolute Gasteiger partial charge is 0.468 e. The van der Waals surface area contributed by atoms with E-state index in [4.69, 9.17) is 16.0 Å². The first-order valence-electron chi connectivity index (χ1n) is 6.18. The molecule has 1 atom stereocenters. The number of benzene rings is 1. The Balaban J connectivity index is 2.39. The second kappa shape index (κ2) is 6.32. The lowest BCUT2D eigenvalue weighted by Crippen LogP contribution is -2.30. The fourth-order valence-electron chi connectivity index (χ4n) is 1.86. The number of halogens is 1. The molecule has 7 heteroatoms. The van der Waals surface area contributed by atoms with E-state index in [0.29, 0.717) is 5.02 Å². The number of carbonyl (C=O) groups excluding carboxylic acids is 1. The average molecular weight is 328 g/mol. The van der Waals surface area contributed by atoms with Crippen LogP contribution in [0.5, 0.6) is 0 Å². The molecule has 112 valence electrons. The van der Waals surface area contributed by atoms with Crippen molar-refractivity contribution in [3.05, 3.63) is 53.4 Å². The molecule has 0 aliphatic heterocycles. The number of amides is 1. The van der Waals surface area contributed by atoms with Crippen LogP contribution in [0.3, 0.4) is 0 Å². The highest BCUT2D eigenvalue weighted by atomic mass is 35.5. The first kappa shape index (κ1) is 15.6. The summed E-state index contributed by atoms with van der Waals surface area (Å²) in [4.78, 5) is 11.2. The Labute approximate surface area is 127 Å². The Morgan fingerprint density at radius 3 is 2.48 bits per heavy atom. The fourth-order valence-corrected chi connectivity index (χ4v) is 3.58. The lowest BCUT2D eigenvalue weighted by atomic mass is 10.3. The van der Waals surface area contributed by atoms with Crippen LogP contribution >= 0.6 is 11.6 Å². The minimum absolute atomic E-state index is 0.0617. The monoisotopic (exact) mass is 327 g/mol. The smallest absolute Gasteiger partial charge is 0.216 e. The van der Waals surface area contributed by atoms with Gasteiger partial charge in [-0.15, -0.1) is 0 Å². The summed E-state index contributed by atoms with van der Waals surface area (Å²) < 4.78 is 30.6. The zero-order valence-corrected chi connectivity index (χ0v) is 12.8. The van der Waals surface area contributed by atoms with Crippen molar-refractivity contribution >= 4 is 27.3 Å².